The number of hydrogen-bond donors (Lipinski definition) is 2. The van der Waals surface area contributed by atoms with Crippen LogP contribution in [-0.2, 0) is 0 Å². The lowest BCUT2D eigenvalue weighted by Crippen LogP contribution is -2.15. The third-order valence-electron chi connectivity index (χ3n) is 2.52. The summed E-state index contributed by atoms with van der Waals surface area (Å²) in [7, 11) is 1.61. The highest BCUT2D eigenvalue weighted by molar-refractivity contribution is 6.04. The van der Waals surface area contributed by atoms with Crippen molar-refractivity contribution in [3.63, 3.8) is 0 Å². The first-order valence-corrected chi connectivity index (χ1v) is 5.61. The third-order valence-corrected chi connectivity index (χ3v) is 2.52. The van der Waals surface area contributed by atoms with Crippen LogP contribution in [0.1, 0.15) is 10.4 Å². The molecule has 0 spiro atoms. The van der Waals surface area contributed by atoms with Gasteiger partial charge in [-0.3, -0.25) is 4.79 Å². The number of carbonyl (C=O) groups is 1. The minimum Gasteiger partial charge on any atom is -0.373 e. The molecule has 0 aliphatic heterocycles. The lowest BCUT2D eigenvalue weighted by atomic mass is 10.2. The molecule has 0 aliphatic rings. The van der Waals surface area contributed by atoms with Crippen molar-refractivity contribution in [3.05, 3.63) is 53.5 Å². The van der Waals surface area contributed by atoms with Gasteiger partial charge in [-0.2, -0.15) is 0 Å². The molecular formula is C13H10F3N3O. The largest absolute Gasteiger partial charge is 0.373 e. The Morgan fingerprint density at radius 3 is 2.40 bits per heavy atom. The minimum absolute atomic E-state index is 0.160. The van der Waals surface area contributed by atoms with Gasteiger partial charge < -0.3 is 10.6 Å². The second-order valence-electron chi connectivity index (χ2n) is 3.88. The van der Waals surface area contributed by atoms with Crippen LogP contribution in [0, 0.1) is 17.5 Å². The van der Waals surface area contributed by atoms with Gasteiger partial charge in [0, 0.05) is 30.9 Å². The summed E-state index contributed by atoms with van der Waals surface area (Å²) in [6.45, 7) is 0. The van der Waals surface area contributed by atoms with Gasteiger partial charge >= 0.3 is 0 Å². The van der Waals surface area contributed by atoms with Crippen LogP contribution in [0.4, 0.5) is 24.7 Å². The van der Waals surface area contributed by atoms with E-state index in [0.29, 0.717) is 18.0 Å². The zero-order valence-corrected chi connectivity index (χ0v) is 10.4. The third kappa shape index (κ3) is 2.87. The Balaban J connectivity index is 2.28. The zero-order chi connectivity index (χ0) is 14.7. The van der Waals surface area contributed by atoms with E-state index in [9.17, 15) is 18.0 Å². The first-order chi connectivity index (χ1) is 9.51. The number of amides is 1. The molecule has 2 aromatic rings. The number of carbonyl (C=O) groups excluding carboxylic acids is 1. The fourth-order valence-corrected chi connectivity index (χ4v) is 1.56. The lowest BCUT2D eigenvalue weighted by molar-refractivity contribution is 0.102. The fraction of sp³-hybridized carbons (Fsp3) is 0.0769. The van der Waals surface area contributed by atoms with Crippen molar-refractivity contribution in [1.29, 1.82) is 0 Å². The number of pyridine rings is 1. The van der Waals surface area contributed by atoms with Crippen molar-refractivity contribution in [3.8, 4) is 0 Å². The summed E-state index contributed by atoms with van der Waals surface area (Å²) >= 11 is 0. The molecule has 2 rings (SSSR count). The van der Waals surface area contributed by atoms with Crippen molar-refractivity contribution in [2.75, 3.05) is 17.7 Å². The van der Waals surface area contributed by atoms with Crippen LogP contribution < -0.4 is 10.6 Å². The molecule has 1 aromatic heterocycles. The highest BCUT2D eigenvalue weighted by atomic mass is 19.1. The van der Waals surface area contributed by atoms with Gasteiger partial charge in [0.05, 0.1) is 0 Å². The predicted molar refractivity (Wildman–Crippen MR) is 68.1 cm³/mol. The molecule has 1 heterocycles. The van der Waals surface area contributed by atoms with Crippen molar-refractivity contribution >= 4 is 17.4 Å². The Morgan fingerprint density at radius 1 is 1.15 bits per heavy atom. The highest BCUT2D eigenvalue weighted by Crippen LogP contribution is 2.21. The number of benzene rings is 1. The molecule has 0 radical (unpaired) electrons. The molecule has 20 heavy (non-hydrogen) atoms. The van der Waals surface area contributed by atoms with E-state index in [-0.39, 0.29) is 5.56 Å². The van der Waals surface area contributed by atoms with Gasteiger partial charge in [0.25, 0.3) is 5.91 Å². The standard InChI is InChI=1S/C13H10F3N3O/c1-17-11-4-7(2-3-18-11)13(20)19-12-9(15)5-8(14)6-10(12)16/h2-6H,1H3,(H,17,18)(H,19,20). The highest BCUT2D eigenvalue weighted by Gasteiger charge is 2.15. The van der Waals surface area contributed by atoms with Crippen molar-refractivity contribution < 1.29 is 18.0 Å². The maximum Gasteiger partial charge on any atom is 0.256 e. The maximum absolute atomic E-state index is 13.4. The van der Waals surface area contributed by atoms with Gasteiger partial charge in [-0.05, 0) is 12.1 Å². The van der Waals surface area contributed by atoms with E-state index < -0.39 is 29.0 Å². The molecular weight excluding hydrogens is 271 g/mol. The first-order valence-electron chi connectivity index (χ1n) is 5.61. The SMILES string of the molecule is CNc1cc(C(=O)Nc2c(F)cc(F)cc2F)ccn1. The topological polar surface area (TPSA) is 54.0 Å². The molecule has 104 valence electrons. The number of hydrogen-bond acceptors (Lipinski definition) is 3. The molecule has 0 aliphatic carbocycles. The summed E-state index contributed by atoms with van der Waals surface area (Å²) in [4.78, 5) is 15.8. The van der Waals surface area contributed by atoms with E-state index in [0.717, 1.165) is 0 Å². The van der Waals surface area contributed by atoms with Crippen molar-refractivity contribution in [1.82, 2.24) is 4.98 Å². The average Bonchev–Trinajstić information content (AvgIpc) is 2.42. The number of rotatable bonds is 3. The summed E-state index contributed by atoms with van der Waals surface area (Å²) in [6.07, 6.45) is 1.37. The molecule has 1 amide bonds. The molecule has 2 N–H and O–H groups in total. The van der Waals surface area contributed by atoms with E-state index in [2.05, 4.69) is 15.6 Å². The first kappa shape index (κ1) is 13.9. The van der Waals surface area contributed by atoms with Crippen LogP contribution in [0.25, 0.3) is 0 Å². The predicted octanol–water partition coefficient (Wildman–Crippen LogP) is 2.79. The van der Waals surface area contributed by atoms with Gasteiger partial charge in [0.15, 0.2) is 11.6 Å². The van der Waals surface area contributed by atoms with Gasteiger partial charge in [-0.1, -0.05) is 0 Å². The van der Waals surface area contributed by atoms with E-state index >= 15 is 0 Å². The monoisotopic (exact) mass is 281 g/mol. The van der Waals surface area contributed by atoms with Crippen LogP contribution in [0.5, 0.6) is 0 Å². The van der Waals surface area contributed by atoms with Crippen LogP contribution in [-0.4, -0.2) is 17.9 Å². The minimum atomic E-state index is -1.18. The Hall–Kier alpha value is -2.57. The summed E-state index contributed by atoms with van der Waals surface area (Å²) in [5.74, 6) is -3.72. The van der Waals surface area contributed by atoms with E-state index in [4.69, 9.17) is 0 Å². The van der Waals surface area contributed by atoms with Gasteiger partial charge in [-0.25, -0.2) is 18.2 Å². The molecule has 0 saturated heterocycles. The van der Waals surface area contributed by atoms with Gasteiger partial charge in [-0.15, -0.1) is 0 Å². The number of halogens is 3. The van der Waals surface area contributed by atoms with E-state index in [1.807, 2.05) is 0 Å². The summed E-state index contributed by atoms with van der Waals surface area (Å²) < 4.78 is 39.6. The fourth-order valence-electron chi connectivity index (χ4n) is 1.56. The smallest absolute Gasteiger partial charge is 0.256 e. The summed E-state index contributed by atoms with van der Waals surface area (Å²) in [5, 5.41) is 4.79. The van der Waals surface area contributed by atoms with Crippen LogP contribution in [0.2, 0.25) is 0 Å². The van der Waals surface area contributed by atoms with Crippen LogP contribution in [0.3, 0.4) is 0 Å². The van der Waals surface area contributed by atoms with Crippen molar-refractivity contribution in [2.45, 2.75) is 0 Å². The number of nitrogens with zero attached hydrogens (tertiary/aromatic N) is 1. The van der Waals surface area contributed by atoms with Gasteiger partial charge in [0.2, 0.25) is 0 Å². The van der Waals surface area contributed by atoms with Gasteiger partial charge in [0.1, 0.15) is 17.3 Å². The average molecular weight is 281 g/mol. The molecule has 7 heteroatoms. The molecule has 0 bridgehead atoms. The van der Waals surface area contributed by atoms with Crippen molar-refractivity contribution in [2.24, 2.45) is 0 Å². The second kappa shape index (κ2) is 5.60. The zero-order valence-electron chi connectivity index (χ0n) is 10.4. The number of aromatic nitrogens is 1. The summed E-state index contributed by atoms with van der Waals surface area (Å²) in [5.41, 5.74) is -0.535. The Labute approximate surface area is 112 Å². The lowest BCUT2D eigenvalue weighted by Gasteiger charge is -2.08. The normalized spacial score (nSPS) is 10.2. The molecule has 1 aromatic carbocycles. The Morgan fingerprint density at radius 2 is 1.80 bits per heavy atom. The second-order valence-corrected chi connectivity index (χ2v) is 3.88. The molecule has 4 nitrogen and oxygen atoms in total. The molecule has 0 fully saturated rings. The number of nitrogens with one attached hydrogen (secondary N) is 2. The van der Waals surface area contributed by atoms with E-state index in [1.54, 1.807) is 7.05 Å². The molecule has 0 atom stereocenters. The number of anilines is 2. The Bertz CT molecular complexity index is 638. The van der Waals surface area contributed by atoms with Crippen LogP contribution in [0.15, 0.2) is 30.5 Å². The molecule has 0 unspecified atom stereocenters. The summed E-state index contributed by atoms with van der Waals surface area (Å²) in [6, 6.07) is 3.78. The molecule has 0 saturated carbocycles. The quantitative estimate of drug-likeness (QED) is 0.909. The van der Waals surface area contributed by atoms with Crippen LogP contribution >= 0.6 is 0 Å². The Kier molecular flexibility index (Phi) is 3.88. The maximum atomic E-state index is 13.4. The van der Waals surface area contributed by atoms with E-state index in [1.165, 1.54) is 18.3 Å².